The zero-order chi connectivity index (χ0) is 30.1. The van der Waals surface area contributed by atoms with E-state index in [4.69, 9.17) is 5.73 Å². The summed E-state index contributed by atoms with van der Waals surface area (Å²) in [5.41, 5.74) is 8.64. The second-order valence-electron chi connectivity index (χ2n) is 11.5. The molecule has 0 unspecified atom stereocenters. The molecule has 2 aromatic carbocycles. The maximum absolute atomic E-state index is 14.3. The fourth-order valence-electron chi connectivity index (χ4n) is 6.30. The molecule has 1 aliphatic heterocycles. The van der Waals surface area contributed by atoms with Crippen molar-refractivity contribution in [1.29, 1.82) is 0 Å². The Morgan fingerprint density at radius 2 is 1.72 bits per heavy atom. The van der Waals surface area contributed by atoms with E-state index in [1.54, 1.807) is 6.07 Å². The van der Waals surface area contributed by atoms with Crippen molar-refractivity contribution in [1.82, 2.24) is 23.9 Å². The smallest absolute Gasteiger partial charge is 0.407 e. The zero-order valence-corrected chi connectivity index (χ0v) is 23.9. The number of halogens is 1. The van der Waals surface area contributed by atoms with E-state index in [1.165, 1.54) is 14.0 Å². The zero-order valence-electron chi connectivity index (χ0n) is 23.9. The van der Waals surface area contributed by atoms with Crippen molar-refractivity contribution in [3.8, 4) is 16.8 Å². The number of rotatable bonds is 5. The highest BCUT2D eigenvalue weighted by molar-refractivity contribution is 5.76. The molecule has 3 heterocycles. The third kappa shape index (κ3) is 5.95. The highest BCUT2D eigenvalue weighted by Crippen LogP contribution is 2.27. The molecule has 0 radical (unpaired) electrons. The first-order valence-electron chi connectivity index (χ1n) is 14.8. The van der Waals surface area contributed by atoms with Crippen LogP contribution in [0.5, 0.6) is 0 Å². The van der Waals surface area contributed by atoms with E-state index in [9.17, 15) is 23.9 Å². The number of amides is 1. The Labute approximate surface area is 247 Å². The lowest BCUT2D eigenvalue weighted by Gasteiger charge is -2.28. The van der Waals surface area contributed by atoms with E-state index in [2.05, 4.69) is 22.0 Å². The molecule has 43 heavy (non-hydrogen) atoms. The monoisotopic (exact) mass is 586 g/mol. The predicted octanol–water partition coefficient (Wildman–Crippen LogP) is 3.98. The number of fused-ring (bicyclic) bond motifs is 1. The highest BCUT2D eigenvalue weighted by atomic mass is 19.1. The number of nitrogens with two attached hydrogens (primary N) is 1. The molecule has 10 nitrogen and oxygen atoms in total. The minimum Gasteiger partial charge on any atom is -0.465 e. The topological polar surface area (TPSA) is 127 Å². The van der Waals surface area contributed by atoms with Gasteiger partial charge in [-0.1, -0.05) is 36.4 Å². The van der Waals surface area contributed by atoms with Crippen LogP contribution >= 0.6 is 0 Å². The highest BCUT2D eigenvalue weighted by Gasteiger charge is 2.26. The van der Waals surface area contributed by atoms with Gasteiger partial charge in [-0.2, -0.15) is 0 Å². The SMILES string of the molecule is NC1CCC(n2c(=O)c3cc(F)cnc3n(-c3cccc(-c4ccc(CN5CCCN(C(=O)O)CC5)cc4)c3)c2=O)CC1. The Kier molecular flexibility index (Phi) is 8.09. The largest absolute Gasteiger partial charge is 0.465 e. The van der Waals surface area contributed by atoms with E-state index in [0.717, 1.165) is 48.5 Å². The lowest BCUT2D eigenvalue weighted by molar-refractivity contribution is 0.146. The summed E-state index contributed by atoms with van der Waals surface area (Å²) < 4.78 is 16.9. The average molecular weight is 587 g/mol. The first kappa shape index (κ1) is 28.8. The predicted molar refractivity (Wildman–Crippen MR) is 162 cm³/mol. The number of hydrogen-bond donors (Lipinski definition) is 2. The fourth-order valence-corrected chi connectivity index (χ4v) is 6.30. The van der Waals surface area contributed by atoms with Gasteiger partial charge in [-0.15, -0.1) is 0 Å². The van der Waals surface area contributed by atoms with Crippen LogP contribution in [0.3, 0.4) is 0 Å². The number of carboxylic acid groups (broad SMARTS) is 1. The van der Waals surface area contributed by atoms with E-state index in [0.29, 0.717) is 51.0 Å². The van der Waals surface area contributed by atoms with Crippen LogP contribution in [0.1, 0.15) is 43.7 Å². The van der Waals surface area contributed by atoms with E-state index < -0.39 is 23.2 Å². The van der Waals surface area contributed by atoms with Gasteiger partial charge in [0.25, 0.3) is 5.56 Å². The Morgan fingerprint density at radius 3 is 2.47 bits per heavy atom. The Bertz CT molecular complexity index is 1760. The molecule has 2 aromatic heterocycles. The molecule has 1 saturated carbocycles. The van der Waals surface area contributed by atoms with Crippen molar-refractivity contribution in [3.05, 3.63) is 93.0 Å². The Balaban J connectivity index is 1.32. The summed E-state index contributed by atoms with van der Waals surface area (Å²) in [6.07, 6.45) is 3.57. The van der Waals surface area contributed by atoms with Crippen LogP contribution in [-0.2, 0) is 6.54 Å². The van der Waals surface area contributed by atoms with Crippen molar-refractivity contribution in [2.24, 2.45) is 5.73 Å². The number of aromatic nitrogens is 3. The number of nitrogens with zero attached hydrogens (tertiary/aromatic N) is 5. The fraction of sp³-hybridized carbons (Fsp3) is 0.375. The standard InChI is InChI=1S/C32H35FN6O4/c33-24-18-28-29(35-19-24)38(31(41)39(30(28)40)26-11-9-25(34)10-12-26)27-4-1-3-23(17-27)22-7-5-21(6-8-22)20-36-13-2-14-37(16-15-36)32(42)43/h1,3-8,17-19,25-26H,2,9-16,20,34H2,(H,42,43). The summed E-state index contributed by atoms with van der Waals surface area (Å²) in [6, 6.07) is 16.5. The van der Waals surface area contributed by atoms with Crippen molar-refractivity contribution < 1.29 is 14.3 Å². The maximum Gasteiger partial charge on any atom is 0.407 e. The summed E-state index contributed by atoms with van der Waals surface area (Å²) in [7, 11) is 0. The molecule has 224 valence electrons. The van der Waals surface area contributed by atoms with Crippen LogP contribution in [-0.4, -0.2) is 67.3 Å². The van der Waals surface area contributed by atoms with Crippen LogP contribution in [0.2, 0.25) is 0 Å². The normalized spacial score (nSPS) is 19.8. The van der Waals surface area contributed by atoms with Gasteiger partial charge in [-0.25, -0.2) is 23.5 Å². The van der Waals surface area contributed by atoms with Crippen LogP contribution in [0.25, 0.3) is 27.8 Å². The summed E-state index contributed by atoms with van der Waals surface area (Å²) in [5.74, 6) is -0.639. The molecule has 2 fully saturated rings. The summed E-state index contributed by atoms with van der Waals surface area (Å²) in [4.78, 5) is 46.7. The second kappa shape index (κ2) is 12.1. The van der Waals surface area contributed by atoms with Crippen LogP contribution in [0.15, 0.2) is 70.4 Å². The minimum atomic E-state index is -0.871. The third-order valence-electron chi connectivity index (χ3n) is 8.66. The first-order valence-corrected chi connectivity index (χ1v) is 14.8. The summed E-state index contributed by atoms with van der Waals surface area (Å²) in [5, 5.41) is 9.35. The van der Waals surface area contributed by atoms with Crippen molar-refractivity contribution in [2.45, 2.75) is 50.7 Å². The van der Waals surface area contributed by atoms with Crippen LogP contribution in [0.4, 0.5) is 9.18 Å². The van der Waals surface area contributed by atoms with Gasteiger partial charge in [-0.05, 0) is 67.0 Å². The maximum atomic E-state index is 14.3. The van der Waals surface area contributed by atoms with Crippen LogP contribution < -0.4 is 17.0 Å². The second-order valence-corrected chi connectivity index (χ2v) is 11.5. The molecular weight excluding hydrogens is 551 g/mol. The van der Waals surface area contributed by atoms with Crippen LogP contribution in [0, 0.1) is 5.82 Å². The van der Waals surface area contributed by atoms with Gasteiger partial charge in [-0.3, -0.25) is 14.3 Å². The number of carbonyl (C=O) groups is 1. The van der Waals surface area contributed by atoms with Gasteiger partial charge in [0.2, 0.25) is 0 Å². The quantitative estimate of drug-likeness (QED) is 0.362. The summed E-state index contributed by atoms with van der Waals surface area (Å²) in [6.45, 7) is 3.30. The molecular formula is C32H35FN6O4. The molecule has 4 aromatic rings. The number of pyridine rings is 1. The minimum absolute atomic E-state index is 0.0449. The molecule has 0 spiro atoms. The van der Waals surface area contributed by atoms with Gasteiger partial charge >= 0.3 is 11.8 Å². The molecule has 0 atom stereocenters. The lowest BCUT2D eigenvalue weighted by atomic mass is 9.91. The van der Waals surface area contributed by atoms with Crippen molar-refractivity contribution >= 4 is 17.1 Å². The van der Waals surface area contributed by atoms with Gasteiger partial charge in [0.15, 0.2) is 5.65 Å². The lowest BCUT2D eigenvalue weighted by Crippen LogP contribution is -2.44. The van der Waals surface area contributed by atoms with E-state index in [1.807, 2.05) is 30.3 Å². The van der Waals surface area contributed by atoms with Gasteiger partial charge in [0.05, 0.1) is 17.3 Å². The number of hydrogen-bond acceptors (Lipinski definition) is 6. The molecule has 6 rings (SSSR count). The Hall–Kier alpha value is -4.35. The molecule has 1 amide bonds. The summed E-state index contributed by atoms with van der Waals surface area (Å²) >= 11 is 0. The van der Waals surface area contributed by atoms with Gasteiger partial charge < -0.3 is 15.7 Å². The molecule has 0 bridgehead atoms. The molecule has 2 aliphatic rings. The Morgan fingerprint density at radius 1 is 0.953 bits per heavy atom. The molecule has 1 saturated heterocycles. The van der Waals surface area contributed by atoms with Crippen molar-refractivity contribution in [2.75, 3.05) is 26.2 Å². The number of benzene rings is 2. The molecule has 1 aliphatic carbocycles. The third-order valence-corrected chi connectivity index (χ3v) is 8.66. The average Bonchev–Trinajstić information content (AvgIpc) is 3.25. The van der Waals surface area contributed by atoms with E-state index in [-0.39, 0.29) is 23.1 Å². The van der Waals surface area contributed by atoms with Gasteiger partial charge in [0.1, 0.15) is 5.82 Å². The molecule has 3 N–H and O–H groups in total. The van der Waals surface area contributed by atoms with Crippen molar-refractivity contribution in [3.63, 3.8) is 0 Å². The van der Waals surface area contributed by atoms with Gasteiger partial charge in [0, 0.05) is 44.8 Å². The first-order chi connectivity index (χ1) is 20.8. The molecule has 11 heteroatoms. The van der Waals surface area contributed by atoms with E-state index >= 15 is 0 Å².